The number of hydrogen-bond donors (Lipinski definition) is 3. The quantitative estimate of drug-likeness (QED) is 0.405. The molecule has 7 nitrogen and oxygen atoms in total. The molecule has 1 aliphatic rings. The molecule has 0 radical (unpaired) electrons. The van der Waals surface area contributed by atoms with Crippen molar-refractivity contribution in [3.8, 4) is 0 Å². The van der Waals surface area contributed by atoms with Gasteiger partial charge in [0.1, 0.15) is 5.69 Å². The van der Waals surface area contributed by atoms with Crippen LogP contribution in [0.25, 0.3) is 0 Å². The van der Waals surface area contributed by atoms with E-state index in [2.05, 4.69) is 17.7 Å². The van der Waals surface area contributed by atoms with Crippen molar-refractivity contribution in [2.75, 3.05) is 12.0 Å². The Morgan fingerprint density at radius 2 is 2.19 bits per heavy atom. The topological polar surface area (TPSA) is 110 Å². The predicted octanol–water partition coefficient (Wildman–Crippen LogP) is 2.19. The number of nitrogens with one attached hydrogen (secondary N) is 2. The molecule has 4 N–H and O–H groups in total. The van der Waals surface area contributed by atoms with Gasteiger partial charge in [-0.2, -0.15) is 0 Å². The average molecular weight is 292 g/mol. The summed E-state index contributed by atoms with van der Waals surface area (Å²) in [6, 6.07) is 4.20. The van der Waals surface area contributed by atoms with Crippen molar-refractivity contribution in [1.82, 2.24) is 5.32 Å². The molecular weight excluding hydrogens is 272 g/mol. The molecule has 0 unspecified atom stereocenters. The van der Waals surface area contributed by atoms with Gasteiger partial charge in [0.05, 0.1) is 4.92 Å². The largest absolute Gasteiger partial charge is 0.351 e. The Bertz CT molecular complexity index is 555. The smallest absolute Gasteiger partial charge is 0.294 e. The number of amides is 1. The van der Waals surface area contributed by atoms with E-state index in [1.54, 1.807) is 0 Å². The number of nitrogens with two attached hydrogens (primary N) is 1. The third-order valence-corrected chi connectivity index (χ3v) is 3.97. The molecule has 0 aliphatic heterocycles. The fourth-order valence-corrected chi connectivity index (χ4v) is 2.54. The number of hydrogen-bond acceptors (Lipinski definition) is 5. The Hall–Kier alpha value is -2.15. The zero-order chi connectivity index (χ0) is 15.5. The van der Waals surface area contributed by atoms with Gasteiger partial charge in [0.15, 0.2) is 0 Å². The maximum atomic E-state index is 12.1. The van der Waals surface area contributed by atoms with Crippen LogP contribution in [0.5, 0.6) is 0 Å². The first-order valence-electron chi connectivity index (χ1n) is 7.04. The minimum Gasteiger partial charge on any atom is -0.351 e. The molecule has 0 spiro atoms. The molecule has 1 aromatic carbocycles. The van der Waals surface area contributed by atoms with Gasteiger partial charge in [-0.15, -0.1) is 0 Å². The summed E-state index contributed by atoms with van der Waals surface area (Å²) in [6.07, 6.45) is 4.47. The van der Waals surface area contributed by atoms with Crippen LogP contribution in [-0.2, 0) is 0 Å². The van der Waals surface area contributed by atoms with E-state index in [4.69, 9.17) is 5.84 Å². The Balaban J connectivity index is 2.06. The van der Waals surface area contributed by atoms with Crippen LogP contribution in [0, 0.1) is 15.5 Å². The maximum absolute atomic E-state index is 12.1. The van der Waals surface area contributed by atoms with Crippen molar-refractivity contribution in [1.29, 1.82) is 0 Å². The highest BCUT2D eigenvalue weighted by Crippen LogP contribution is 2.48. The van der Waals surface area contributed by atoms with Gasteiger partial charge in [0.25, 0.3) is 11.6 Å². The number of rotatable bonds is 7. The van der Waals surface area contributed by atoms with E-state index in [1.807, 2.05) is 0 Å². The number of nitrogen functional groups attached to an aromatic ring is 1. The molecule has 114 valence electrons. The average Bonchev–Trinajstić information content (AvgIpc) is 3.24. The number of nitro benzene ring substituents is 1. The molecule has 1 aromatic rings. The molecule has 0 saturated heterocycles. The lowest BCUT2D eigenvalue weighted by Crippen LogP contribution is -2.30. The lowest BCUT2D eigenvalue weighted by atomic mass is 10.0. The number of carbonyl (C=O) groups is 1. The van der Waals surface area contributed by atoms with Crippen LogP contribution in [0.3, 0.4) is 0 Å². The predicted molar refractivity (Wildman–Crippen MR) is 79.8 cm³/mol. The van der Waals surface area contributed by atoms with E-state index >= 15 is 0 Å². The van der Waals surface area contributed by atoms with Crippen LogP contribution >= 0.6 is 0 Å². The summed E-state index contributed by atoms with van der Waals surface area (Å²) in [4.78, 5) is 22.5. The van der Waals surface area contributed by atoms with Crippen LogP contribution in [0.15, 0.2) is 18.2 Å². The molecule has 7 heteroatoms. The second kappa shape index (κ2) is 6.09. The Kier molecular flexibility index (Phi) is 4.42. The van der Waals surface area contributed by atoms with Crippen molar-refractivity contribution in [3.63, 3.8) is 0 Å². The molecule has 1 amide bonds. The van der Waals surface area contributed by atoms with Crippen molar-refractivity contribution < 1.29 is 9.72 Å². The molecular formula is C14H20N4O3. The molecule has 1 fully saturated rings. The molecule has 0 bridgehead atoms. The first kappa shape index (κ1) is 15.2. The number of nitrogens with zero attached hydrogens (tertiary/aromatic N) is 1. The van der Waals surface area contributed by atoms with Gasteiger partial charge < -0.3 is 10.7 Å². The highest BCUT2D eigenvalue weighted by molar-refractivity contribution is 5.95. The fourth-order valence-electron chi connectivity index (χ4n) is 2.54. The van der Waals surface area contributed by atoms with Gasteiger partial charge in [0.2, 0.25) is 0 Å². The zero-order valence-corrected chi connectivity index (χ0v) is 12.0. The zero-order valence-electron chi connectivity index (χ0n) is 12.0. The van der Waals surface area contributed by atoms with Crippen LogP contribution < -0.4 is 16.6 Å². The Morgan fingerprint density at radius 3 is 2.71 bits per heavy atom. The number of benzene rings is 1. The van der Waals surface area contributed by atoms with E-state index in [1.165, 1.54) is 18.2 Å². The normalized spacial score (nSPS) is 15.3. The van der Waals surface area contributed by atoms with E-state index in [0.29, 0.717) is 6.54 Å². The van der Waals surface area contributed by atoms with Gasteiger partial charge in [-0.3, -0.25) is 20.8 Å². The highest BCUT2D eigenvalue weighted by Gasteiger charge is 2.41. The standard InChI is InChI=1S/C14H20N4O3/c1-2-5-14(6-7-14)9-16-13(19)10-3-4-11(17-15)12(8-10)18(20)21/h3-4,8,17H,2,5-7,9,15H2,1H3,(H,16,19). The Labute approximate surface area is 123 Å². The molecule has 1 saturated carbocycles. The minimum absolute atomic E-state index is 0.182. The third kappa shape index (κ3) is 3.49. The fraction of sp³-hybridized carbons (Fsp3) is 0.500. The summed E-state index contributed by atoms with van der Waals surface area (Å²) in [6.45, 7) is 2.76. The molecule has 0 heterocycles. The van der Waals surface area contributed by atoms with Gasteiger partial charge >= 0.3 is 0 Å². The van der Waals surface area contributed by atoms with E-state index in [0.717, 1.165) is 25.7 Å². The molecule has 21 heavy (non-hydrogen) atoms. The van der Waals surface area contributed by atoms with Crippen LogP contribution in [-0.4, -0.2) is 17.4 Å². The van der Waals surface area contributed by atoms with Crippen molar-refractivity contribution in [2.24, 2.45) is 11.3 Å². The van der Waals surface area contributed by atoms with E-state index in [9.17, 15) is 14.9 Å². The SMILES string of the molecule is CCCC1(CNC(=O)c2ccc(NN)c([N+](=O)[O-])c2)CC1. The van der Waals surface area contributed by atoms with Crippen LogP contribution in [0.4, 0.5) is 11.4 Å². The monoisotopic (exact) mass is 292 g/mol. The number of carbonyl (C=O) groups excluding carboxylic acids is 1. The number of anilines is 1. The van der Waals surface area contributed by atoms with Crippen LogP contribution in [0.1, 0.15) is 43.0 Å². The summed E-state index contributed by atoms with van der Waals surface area (Å²) in [5, 5.41) is 13.8. The summed E-state index contributed by atoms with van der Waals surface area (Å²) < 4.78 is 0. The minimum atomic E-state index is -0.564. The molecule has 0 atom stereocenters. The second-order valence-corrected chi connectivity index (χ2v) is 5.57. The van der Waals surface area contributed by atoms with Crippen molar-refractivity contribution in [3.05, 3.63) is 33.9 Å². The van der Waals surface area contributed by atoms with Gasteiger partial charge in [-0.05, 0) is 36.8 Å². The lowest BCUT2D eigenvalue weighted by molar-refractivity contribution is -0.384. The number of nitro groups is 1. The summed E-state index contributed by atoms with van der Waals surface area (Å²) in [5.41, 5.74) is 2.74. The van der Waals surface area contributed by atoms with E-state index < -0.39 is 4.92 Å². The van der Waals surface area contributed by atoms with Crippen molar-refractivity contribution in [2.45, 2.75) is 32.6 Å². The second-order valence-electron chi connectivity index (χ2n) is 5.57. The van der Waals surface area contributed by atoms with Crippen LogP contribution in [0.2, 0.25) is 0 Å². The summed E-state index contributed by atoms with van der Waals surface area (Å²) in [7, 11) is 0. The van der Waals surface area contributed by atoms with E-state index in [-0.39, 0.29) is 28.3 Å². The van der Waals surface area contributed by atoms with Gasteiger partial charge in [-0.1, -0.05) is 13.3 Å². The number of hydrazine groups is 1. The Morgan fingerprint density at radius 1 is 1.48 bits per heavy atom. The lowest BCUT2D eigenvalue weighted by Gasteiger charge is -2.15. The molecule has 2 rings (SSSR count). The summed E-state index contributed by atoms with van der Waals surface area (Å²) >= 11 is 0. The van der Waals surface area contributed by atoms with Crippen molar-refractivity contribution >= 4 is 17.3 Å². The molecule has 1 aliphatic carbocycles. The molecule has 0 aromatic heterocycles. The van der Waals surface area contributed by atoms with Gasteiger partial charge in [0, 0.05) is 18.2 Å². The van der Waals surface area contributed by atoms with Gasteiger partial charge in [-0.25, -0.2) is 0 Å². The maximum Gasteiger partial charge on any atom is 0.294 e. The third-order valence-electron chi connectivity index (χ3n) is 3.97. The first-order valence-corrected chi connectivity index (χ1v) is 7.04. The first-order chi connectivity index (χ1) is 10.0. The summed E-state index contributed by atoms with van der Waals surface area (Å²) in [5.74, 6) is 4.93. The highest BCUT2D eigenvalue weighted by atomic mass is 16.6.